The summed E-state index contributed by atoms with van der Waals surface area (Å²) in [6, 6.07) is 12.7. The van der Waals surface area contributed by atoms with Crippen molar-refractivity contribution in [1.82, 2.24) is 0 Å². The van der Waals surface area contributed by atoms with E-state index in [1.54, 1.807) is 6.07 Å². The minimum absolute atomic E-state index is 0.211. The van der Waals surface area contributed by atoms with Crippen LogP contribution in [0.5, 0.6) is 0 Å². The lowest BCUT2D eigenvalue weighted by atomic mass is 10.0. The maximum Gasteiger partial charge on any atom is 0.147 e. The summed E-state index contributed by atoms with van der Waals surface area (Å²) in [6.45, 7) is 3.88. The van der Waals surface area contributed by atoms with Crippen LogP contribution >= 0.6 is 0 Å². The zero-order chi connectivity index (χ0) is 14.0. The molecule has 100 valence electrons. The van der Waals surface area contributed by atoms with Gasteiger partial charge in [0.1, 0.15) is 5.82 Å². The Morgan fingerprint density at radius 2 is 1.79 bits per heavy atom. The summed E-state index contributed by atoms with van der Waals surface area (Å²) >= 11 is 0. The lowest BCUT2D eigenvalue weighted by Gasteiger charge is -2.26. The summed E-state index contributed by atoms with van der Waals surface area (Å²) in [5.74, 6) is -0.249. The second kappa shape index (κ2) is 5.41. The highest BCUT2D eigenvalue weighted by molar-refractivity contribution is 5.69. The van der Waals surface area contributed by atoms with Crippen molar-refractivity contribution in [3.63, 3.8) is 0 Å². The molecule has 0 amide bonds. The normalized spacial score (nSPS) is 12.3. The van der Waals surface area contributed by atoms with Gasteiger partial charge in [-0.1, -0.05) is 30.3 Å². The first-order chi connectivity index (χ1) is 9.02. The van der Waals surface area contributed by atoms with E-state index < -0.39 is 0 Å². The molecule has 2 aromatic carbocycles. The Kier molecular flexibility index (Phi) is 3.86. The lowest BCUT2D eigenvalue weighted by molar-refractivity contribution is 0.622. The Morgan fingerprint density at radius 1 is 1.11 bits per heavy atom. The minimum atomic E-state index is -0.249. The molecule has 2 aromatic rings. The van der Waals surface area contributed by atoms with E-state index in [-0.39, 0.29) is 11.9 Å². The number of rotatable bonds is 3. The third-order valence-electron chi connectivity index (χ3n) is 3.32. The highest BCUT2D eigenvalue weighted by Gasteiger charge is 2.17. The molecule has 0 bridgehead atoms. The first-order valence-corrected chi connectivity index (χ1v) is 6.35. The number of nitrogens with zero attached hydrogens (tertiary/aromatic N) is 1. The fraction of sp³-hybridized carbons (Fsp3) is 0.250. The van der Waals surface area contributed by atoms with Gasteiger partial charge >= 0.3 is 0 Å². The third-order valence-corrected chi connectivity index (χ3v) is 3.32. The van der Waals surface area contributed by atoms with Crippen molar-refractivity contribution in [2.45, 2.75) is 19.9 Å². The van der Waals surface area contributed by atoms with E-state index in [4.69, 9.17) is 5.73 Å². The van der Waals surface area contributed by atoms with Gasteiger partial charge in [0.25, 0.3) is 0 Å². The highest BCUT2D eigenvalue weighted by atomic mass is 19.1. The fourth-order valence-electron chi connectivity index (χ4n) is 2.31. The molecule has 0 saturated heterocycles. The van der Waals surface area contributed by atoms with Gasteiger partial charge in [0.2, 0.25) is 0 Å². The molecule has 19 heavy (non-hydrogen) atoms. The maximum atomic E-state index is 14.2. The van der Waals surface area contributed by atoms with E-state index in [2.05, 4.69) is 0 Å². The number of nitrogens with two attached hydrogens (primary N) is 1. The van der Waals surface area contributed by atoms with Crippen LogP contribution in [0, 0.1) is 12.7 Å². The van der Waals surface area contributed by atoms with E-state index in [0.29, 0.717) is 5.69 Å². The van der Waals surface area contributed by atoms with E-state index in [0.717, 1.165) is 16.8 Å². The molecule has 0 aliphatic carbocycles. The number of halogens is 1. The molecule has 0 spiro atoms. The van der Waals surface area contributed by atoms with E-state index in [1.807, 2.05) is 56.1 Å². The van der Waals surface area contributed by atoms with Crippen molar-refractivity contribution in [2.75, 3.05) is 11.9 Å². The van der Waals surface area contributed by atoms with Crippen LogP contribution in [0.4, 0.5) is 15.8 Å². The molecule has 2 nitrogen and oxygen atoms in total. The van der Waals surface area contributed by atoms with E-state index in [1.165, 1.54) is 6.07 Å². The van der Waals surface area contributed by atoms with Crippen molar-refractivity contribution in [3.8, 4) is 0 Å². The van der Waals surface area contributed by atoms with Crippen molar-refractivity contribution in [1.29, 1.82) is 0 Å². The smallest absolute Gasteiger partial charge is 0.147 e. The topological polar surface area (TPSA) is 29.3 Å². The molecule has 3 heteroatoms. The van der Waals surface area contributed by atoms with Gasteiger partial charge in [-0.25, -0.2) is 4.39 Å². The Balaban J connectivity index is 2.56. The molecule has 0 saturated carbocycles. The van der Waals surface area contributed by atoms with Gasteiger partial charge in [0.15, 0.2) is 0 Å². The van der Waals surface area contributed by atoms with E-state index >= 15 is 0 Å². The molecule has 0 heterocycles. The standard InChI is InChI=1S/C16H19FN2/c1-11-7-4-5-10-15(11)19(3)16-13(12(2)18)8-6-9-14(16)17/h4-10,12H,18H2,1-3H3/t12-/m0/s1. The molecule has 0 aliphatic heterocycles. The van der Waals surface area contributed by atoms with Crippen LogP contribution in [-0.2, 0) is 0 Å². The fourth-order valence-corrected chi connectivity index (χ4v) is 2.31. The second-order valence-electron chi connectivity index (χ2n) is 4.81. The van der Waals surface area contributed by atoms with Crippen LogP contribution < -0.4 is 10.6 Å². The summed E-state index contributed by atoms with van der Waals surface area (Å²) < 4.78 is 14.2. The van der Waals surface area contributed by atoms with Gasteiger partial charge in [0, 0.05) is 18.8 Å². The third kappa shape index (κ3) is 2.61. The Labute approximate surface area is 113 Å². The number of aryl methyl sites for hydroxylation is 1. The quantitative estimate of drug-likeness (QED) is 0.904. The molecule has 0 unspecified atom stereocenters. The molecule has 0 aliphatic rings. The number of hydrogen-bond acceptors (Lipinski definition) is 2. The summed E-state index contributed by atoms with van der Waals surface area (Å²) in [7, 11) is 1.87. The number of hydrogen-bond donors (Lipinski definition) is 1. The van der Waals surface area contributed by atoms with Crippen molar-refractivity contribution in [2.24, 2.45) is 5.73 Å². The highest BCUT2D eigenvalue weighted by Crippen LogP contribution is 2.33. The molecular weight excluding hydrogens is 239 g/mol. The molecule has 2 rings (SSSR count). The van der Waals surface area contributed by atoms with Crippen molar-refractivity contribution in [3.05, 3.63) is 59.4 Å². The summed E-state index contributed by atoms with van der Waals surface area (Å²) in [4.78, 5) is 1.86. The monoisotopic (exact) mass is 258 g/mol. The van der Waals surface area contributed by atoms with Crippen LogP contribution in [0.25, 0.3) is 0 Å². The molecule has 1 atom stereocenters. The number of para-hydroxylation sites is 2. The van der Waals surface area contributed by atoms with Gasteiger partial charge in [-0.3, -0.25) is 0 Å². The van der Waals surface area contributed by atoms with Crippen molar-refractivity contribution < 1.29 is 4.39 Å². The average molecular weight is 258 g/mol. The van der Waals surface area contributed by atoms with Crippen molar-refractivity contribution >= 4 is 11.4 Å². The Hall–Kier alpha value is -1.87. The van der Waals surface area contributed by atoms with Crippen LogP contribution in [0.15, 0.2) is 42.5 Å². The average Bonchev–Trinajstić information content (AvgIpc) is 2.38. The van der Waals surface area contributed by atoms with Gasteiger partial charge < -0.3 is 10.6 Å². The SMILES string of the molecule is Cc1ccccc1N(C)c1c(F)cccc1[C@H](C)N. The first kappa shape index (κ1) is 13.6. The number of benzene rings is 2. The molecule has 0 radical (unpaired) electrons. The van der Waals surface area contributed by atoms with Gasteiger partial charge in [0.05, 0.1) is 5.69 Å². The lowest BCUT2D eigenvalue weighted by Crippen LogP contribution is -2.18. The van der Waals surface area contributed by atoms with Gasteiger partial charge in [-0.05, 0) is 37.1 Å². The minimum Gasteiger partial charge on any atom is -0.342 e. The maximum absolute atomic E-state index is 14.2. The molecular formula is C16H19FN2. The largest absolute Gasteiger partial charge is 0.342 e. The zero-order valence-corrected chi connectivity index (χ0v) is 11.5. The van der Waals surface area contributed by atoms with Crippen LogP contribution in [-0.4, -0.2) is 7.05 Å². The predicted molar refractivity (Wildman–Crippen MR) is 78.2 cm³/mol. The summed E-state index contributed by atoms with van der Waals surface area (Å²) in [6.07, 6.45) is 0. The Bertz CT molecular complexity index is 579. The first-order valence-electron chi connectivity index (χ1n) is 6.35. The van der Waals surface area contributed by atoms with Gasteiger partial charge in [-0.2, -0.15) is 0 Å². The van der Waals surface area contributed by atoms with E-state index in [9.17, 15) is 4.39 Å². The zero-order valence-electron chi connectivity index (χ0n) is 11.5. The van der Waals surface area contributed by atoms with Crippen LogP contribution in [0.3, 0.4) is 0 Å². The van der Waals surface area contributed by atoms with Crippen LogP contribution in [0.1, 0.15) is 24.1 Å². The molecule has 2 N–H and O–H groups in total. The summed E-state index contributed by atoms with van der Waals surface area (Å²) in [5.41, 5.74) is 9.38. The Morgan fingerprint density at radius 3 is 2.42 bits per heavy atom. The van der Waals surface area contributed by atoms with Crippen LogP contribution in [0.2, 0.25) is 0 Å². The van der Waals surface area contributed by atoms with Gasteiger partial charge in [-0.15, -0.1) is 0 Å². The second-order valence-corrected chi connectivity index (χ2v) is 4.81. The molecule has 0 aromatic heterocycles. The predicted octanol–water partition coefficient (Wildman–Crippen LogP) is 3.92. The molecule has 0 fully saturated rings. The number of anilines is 2. The summed E-state index contributed by atoms with van der Waals surface area (Å²) in [5, 5.41) is 0.